The molecule has 35 heavy (non-hydrogen) atoms. The van der Waals surface area contributed by atoms with Gasteiger partial charge in [0.05, 0.1) is 41.3 Å². The molecule has 0 atom stereocenters. The van der Waals surface area contributed by atoms with Crippen molar-refractivity contribution >= 4 is 17.1 Å². The summed E-state index contributed by atoms with van der Waals surface area (Å²) in [5, 5.41) is 33.9. The molecule has 178 valence electrons. The topological polar surface area (TPSA) is 128 Å². The zero-order chi connectivity index (χ0) is 24.7. The summed E-state index contributed by atoms with van der Waals surface area (Å²) >= 11 is 0. The Labute approximate surface area is 201 Å². The molecule has 0 aliphatic heterocycles. The van der Waals surface area contributed by atoms with Gasteiger partial charge >= 0.3 is 0 Å². The van der Waals surface area contributed by atoms with Gasteiger partial charge in [-0.15, -0.1) is 15.0 Å². The minimum absolute atomic E-state index is 0.280. The fourth-order valence-corrected chi connectivity index (χ4v) is 3.78. The lowest BCUT2D eigenvalue weighted by atomic mass is 10.1. The Morgan fingerprint density at radius 2 is 1.91 bits per heavy atom. The van der Waals surface area contributed by atoms with Crippen molar-refractivity contribution < 1.29 is 9.90 Å². The Balaban J connectivity index is 1.43. The Kier molecular flexibility index (Phi) is 5.40. The van der Waals surface area contributed by atoms with Crippen LogP contribution in [0, 0.1) is 13.8 Å². The predicted molar refractivity (Wildman–Crippen MR) is 129 cm³/mol. The van der Waals surface area contributed by atoms with Crippen molar-refractivity contribution in [3.8, 4) is 16.8 Å². The maximum absolute atomic E-state index is 13.2. The van der Waals surface area contributed by atoms with Crippen LogP contribution in [-0.2, 0) is 6.54 Å². The van der Waals surface area contributed by atoms with E-state index in [9.17, 15) is 9.90 Å². The highest BCUT2D eigenvalue weighted by Crippen LogP contribution is 2.24. The summed E-state index contributed by atoms with van der Waals surface area (Å²) in [4.78, 5) is 14.7. The molecule has 0 saturated carbocycles. The second-order valence-electron chi connectivity index (χ2n) is 9.12. The van der Waals surface area contributed by atoms with Gasteiger partial charge in [0.2, 0.25) is 0 Å². The van der Waals surface area contributed by atoms with Gasteiger partial charge in [-0.05, 0) is 68.3 Å². The van der Waals surface area contributed by atoms with Gasteiger partial charge in [-0.1, -0.05) is 6.07 Å². The van der Waals surface area contributed by atoms with Crippen LogP contribution in [0.15, 0.2) is 55.1 Å². The molecule has 0 aliphatic rings. The summed E-state index contributed by atoms with van der Waals surface area (Å²) in [5.74, 6) is 0.279. The van der Waals surface area contributed by atoms with Crippen LogP contribution in [0.3, 0.4) is 0 Å². The lowest BCUT2D eigenvalue weighted by Crippen LogP contribution is -2.26. The number of hydrogen-bond acceptors (Lipinski definition) is 7. The van der Waals surface area contributed by atoms with Crippen LogP contribution in [0.4, 0.5) is 5.69 Å². The number of aromatic nitrogens is 8. The summed E-state index contributed by atoms with van der Waals surface area (Å²) in [6, 6.07) is 9.38. The van der Waals surface area contributed by atoms with Crippen LogP contribution in [0.2, 0.25) is 0 Å². The number of aliphatic hydroxyl groups is 1. The number of carbonyl (C=O) groups is 1. The second-order valence-corrected chi connectivity index (χ2v) is 9.12. The first-order chi connectivity index (χ1) is 16.7. The average molecular weight is 472 g/mol. The molecule has 0 unspecified atom stereocenters. The number of rotatable bonds is 6. The standard InChI is InChI=1S/C24H25N9O2/c1-15-5-6-19(33-29-16(2)28-30-33)10-21(15)27-23(34)20-12-26-32-8-7-17(9-22(20)32)18-11-25-31(13-18)14-24(3,4)35/h5-13,35H,14H2,1-4H3,(H,27,34). The summed E-state index contributed by atoms with van der Waals surface area (Å²) in [5.41, 5.74) is 4.23. The van der Waals surface area contributed by atoms with Crippen molar-refractivity contribution in [3.63, 3.8) is 0 Å². The van der Waals surface area contributed by atoms with Crippen LogP contribution in [-0.4, -0.2) is 56.2 Å². The molecule has 5 aromatic rings. The molecule has 0 aliphatic carbocycles. The SMILES string of the molecule is Cc1nnn(-c2ccc(C)c(NC(=O)c3cnn4ccc(-c5cnn(CC(C)(C)O)c5)cc34)c2)n1. The Morgan fingerprint density at radius 3 is 2.66 bits per heavy atom. The minimum atomic E-state index is -0.873. The third kappa shape index (κ3) is 4.66. The highest BCUT2D eigenvalue weighted by atomic mass is 16.3. The molecule has 4 aromatic heterocycles. The molecule has 4 heterocycles. The first kappa shape index (κ1) is 22.4. The van der Waals surface area contributed by atoms with Gasteiger partial charge in [0, 0.05) is 23.6 Å². The van der Waals surface area contributed by atoms with E-state index in [2.05, 4.69) is 30.9 Å². The van der Waals surface area contributed by atoms with E-state index in [-0.39, 0.29) is 5.91 Å². The number of hydrogen-bond donors (Lipinski definition) is 2. The quantitative estimate of drug-likeness (QED) is 0.390. The number of aryl methyl sites for hydroxylation is 2. The Hall–Kier alpha value is -4.38. The van der Waals surface area contributed by atoms with Gasteiger partial charge in [0.25, 0.3) is 5.91 Å². The van der Waals surface area contributed by atoms with Gasteiger partial charge in [-0.2, -0.15) is 10.2 Å². The van der Waals surface area contributed by atoms with Crippen LogP contribution >= 0.6 is 0 Å². The normalized spacial score (nSPS) is 11.8. The van der Waals surface area contributed by atoms with E-state index in [1.165, 1.54) is 4.80 Å². The third-order valence-electron chi connectivity index (χ3n) is 5.50. The predicted octanol–water partition coefficient (Wildman–Crippen LogP) is 2.81. The molecule has 5 rings (SSSR count). The van der Waals surface area contributed by atoms with Crippen LogP contribution in [0.1, 0.15) is 35.6 Å². The Bertz CT molecular complexity index is 1540. The monoisotopic (exact) mass is 471 g/mol. The highest BCUT2D eigenvalue weighted by Gasteiger charge is 2.17. The first-order valence-corrected chi connectivity index (χ1v) is 11.1. The lowest BCUT2D eigenvalue weighted by molar-refractivity contribution is 0.0577. The molecular weight excluding hydrogens is 446 g/mol. The third-order valence-corrected chi connectivity index (χ3v) is 5.50. The lowest BCUT2D eigenvalue weighted by Gasteiger charge is -2.16. The van der Waals surface area contributed by atoms with Crippen molar-refractivity contribution in [3.05, 3.63) is 72.1 Å². The van der Waals surface area contributed by atoms with Crippen LogP contribution < -0.4 is 5.32 Å². The zero-order valence-electron chi connectivity index (χ0n) is 19.8. The van der Waals surface area contributed by atoms with Crippen molar-refractivity contribution in [1.29, 1.82) is 0 Å². The first-order valence-electron chi connectivity index (χ1n) is 11.1. The molecule has 0 fully saturated rings. The molecule has 0 radical (unpaired) electrons. The number of carbonyl (C=O) groups excluding carboxylic acids is 1. The van der Waals surface area contributed by atoms with E-state index >= 15 is 0 Å². The summed E-state index contributed by atoms with van der Waals surface area (Å²) in [6.07, 6.45) is 6.96. The highest BCUT2D eigenvalue weighted by molar-refractivity contribution is 6.09. The molecule has 11 nitrogen and oxygen atoms in total. The average Bonchev–Trinajstić information content (AvgIpc) is 3.53. The minimum Gasteiger partial charge on any atom is -0.389 e. The molecule has 2 N–H and O–H groups in total. The number of amides is 1. The van der Waals surface area contributed by atoms with Crippen LogP contribution in [0.5, 0.6) is 0 Å². The number of tetrazole rings is 1. The van der Waals surface area contributed by atoms with Gasteiger partial charge in [-0.25, -0.2) is 4.52 Å². The number of benzene rings is 1. The molecule has 11 heteroatoms. The van der Waals surface area contributed by atoms with E-state index in [0.717, 1.165) is 16.7 Å². The summed E-state index contributed by atoms with van der Waals surface area (Å²) in [7, 11) is 0. The van der Waals surface area contributed by atoms with Crippen molar-refractivity contribution in [2.75, 3.05) is 5.32 Å². The number of nitrogens with zero attached hydrogens (tertiary/aromatic N) is 8. The molecule has 0 bridgehead atoms. The molecule has 1 amide bonds. The van der Waals surface area contributed by atoms with Gasteiger partial charge < -0.3 is 10.4 Å². The molecule has 0 spiro atoms. The van der Waals surface area contributed by atoms with Crippen molar-refractivity contribution in [2.45, 2.75) is 39.8 Å². The van der Waals surface area contributed by atoms with E-state index in [4.69, 9.17) is 0 Å². The number of pyridine rings is 1. The van der Waals surface area contributed by atoms with E-state index in [0.29, 0.717) is 34.8 Å². The van der Waals surface area contributed by atoms with E-state index in [1.807, 2.05) is 43.5 Å². The van der Waals surface area contributed by atoms with E-state index < -0.39 is 5.60 Å². The smallest absolute Gasteiger partial charge is 0.259 e. The molecule has 0 saturated heterocycles. The fraction of sp³-hybridized carbons (Fsp3) is 0.250. The number of anilines is 1. The van der Waals surface area contributed by atoms with Crippen LogP contribution in [0.25, 0.3) is 22.3 Å². The largest absolute Gasteiger partial charge is 0.389 e. The summed E-state index contributed by atoms with van der Waals surface area (Å²) < 4.78 is 3.36. The molecule has 1 aromatic carbocycles. The van der Waals surface area contributed by atoms with Gasteiger partial charge in [0.15, 0.2) is 5.82 Å². The number of nitrogens with one attached hydrogen (secondary N) is 1. The van der Waals surface area contributed by atoms with Gasteiger partial charge in [0.1, 0.15) is 0 Å². The zero-order valence-corrected chi connectivity index (χ0v) is 19.8. The van der Waals surface area contributed by atoms with Crippen molar-refractivity contribution in [2.24, 2.45) is 0 Å². The number of fused-ring (bicyclic) bond motifs is 1. The maximum Gasteiger partial charge on any atom is 0.259 e. The van der Waals surface area contributed by atoms with E-state index in [1.54, 1.807) is 48.6 Å². The fourth-order valence-electron chi connectivity index (χ4n) is 3.78. The summed E-state index contributed by atoms with van der Waals surface area (Å²) in [6.45, 7) is 7.52. The second kappa shape index (κ2) is 8.44. The molecular formula is C24H25N9O2. The maximum atomic E-state index is 13.2. The Morgan fingerprint density at radius 1 is 1.09 bits per heavy atom. The van der Waals surface area contributed by atoms with Crippen molar-refractivity contribution in [1.82, 2.24) is 39.6 Å². The van der Waals surface area contributed by atoms with Gasteiger partial charge in [-0.3, -0.25) is 9.48 Å².